The standard InChI is InChI=1S/C19H23ClN6O/c1-2-14-12-26-13-21-17(11-18(26)22-14)24-7-9-25(10-8-24)19(27)23-16-6-4-3-5-15(16)20/h3-6,11,13-14H,2,7-10,12H2,1H3,(H,23,27). The minimum Gasteiger partial charge on any atom is -0.353 e. The first kappa shape index (κ1) is 17.9. The molecule has 7 nitrogen and oxygen atoms in total. The highest BCUT2D eigenvalue weighted by Gasteiger charge is 2.28. The number of hydrogen-bond donors (Lipinski definition) is 1. The number of aliphatic imine (C=N–C) groups is 2. The van der Waals surface area contributed by atoms with Gasteiger partial charge in [-0.25, -0.2) is 9.79 Å². The van der Waals surface area contributed by atoms with Crippen LogP contribution in [0, 0.1) is 0 Å². The molecule has 0 aromatic heterocycles. The van der Waals surface area contributed by atoms with Gasteiger partial charge in [0.05, 0.1) is 23.1 Å². The quantitative estimate of drug-likeness (QED) is 0.868. The summed E-state index contributed by atoms with van der Waals surface area (Å²) in [5.74, 6) is 1.92. The molecular formula is C19H23ClN6O. The number of rotatable bonds is 3. The van der Waals surface area contributed by atoms with Crippen LogP contribution in [0.4, 0.5) is 10.5 Å². The first-order valence-electron chi connectivity index (χ1n) is 9.30. The lowest BCUT2D eigenvalue weighted by Crippen LogP contribution is -2.50. The van der Waals surface area contributed by atoms with Gasteiger partial charge in [0, 0.05) is 38.8 Å². The molecule has 0 aliphatic carbocycles. The highest BCUT2D eigenvalue weighted by atomic mass is 35.5. The zero-order chi connectivity index (χ0) is 18.8. The van der Waals surface area contributed by atoms with E-state index in [0.29, 0.717) is 29.8 Å². The van der Waals surface area contributed by atoms with E-state index in [1.54, 1.807) is 17.0 Å². The van der Waals surface area contributed by atoms with Crippen LogP contribution >= 0.6 is 11.6 Å². The van der Waals surface area contributed by atoms with E-state index in [1.165, 1.54) is 0 Å². The molecule has 3 heterocycles. The predicted octanol–water partition coefficient (Wildman–Crippen LogP) is 2.87. The first-order chi connectivity index (χ1) is 13.1. The number of nitrogens with one attached hydrogen (secondary N) is 1. The summed E-state index contributed by atoms with van der Waals surface area (Å²) >= 11 is 6.12. The molecule has 0 bridgehead atoms. The van der Waals surface area contributed by atoms with Crippen molar-refractivity contribution in [2.75, 3.05) is 38.0 Å². The highest BCUT2D eigenvalue weighted by Crippen LogP contribution is 2.22. The number of fused-ring (bicyclic) bond motifs is 1. The van der Waals surface area contributed by atoms with Crippen LogP contribution in [0.3, 0.4) is 0 Å². The van der Waals surface area contributed by atoms with Gasteiger partial charge in [0.1, 0.15) is 11.7 Å². The molecule has 142 valence electrons. The van der Waals surface area contributed by atoms with Crippen molar-refractivity contribution < 1.29 is 4.79 Å². The molecule has 1 unspecified atom stereocenters. The van der Waals surface area contributed by atoms with Crippen molar-refractivity contribution in [2.45, 2.75) is 19.4 Å². The summed E-state index contributed by atoms with van der Waals surface area (Å²) in [7, 11) is 0. The minimum absolute atomic E-state index is 0.124. The van der Waals surface area contributed by atoms with Crippen LogP contribution in [-0.2, 0) is 0 Å². The lowest BCUT2D eigenvalue weighted by Gasteiger charge is -2.36. The van der Waals surface area contributed by atoms with Crippen molar-refractivity contribution in [1.82, 2.24) is 14.7 Å². The van der Waals surface area contributed by atoms with E-state index >= 15 is 0 Å². The number of nitrogens with zero attached hydrogens (tertiary/aromatic N) is 5. The van der Waals surface area contributed by atoms with Crippen molar-refractivity contribution in [3.05, 3.63) is 41.2 Å². The van der Waals surface area contributed by atoms with E-state index in [1.807, 2.05) is 18.5 Å². The maximum atomic E-state index is 12.5. The fraction of sp³-hybridized carbons (Fsp3) is 0.421. The fourth-order valence-electron chi connectivity index (χ4n) is 3.42. The molecule has 1 saturated heterocycles. The first-order valence-corrected chi connectivity index (χ1v) is 9.67. The van der Waals surface area contributed by atoms with Crippen molar-refractivity contribution in [3.8, 4) is 0 Å². The largest absolute Gasteiger partial charge is 0.353 e. The molecular weight excluding hydrogens is 364 g/mol. The molecule has 1 aromatic carbocycles. The van der Waals surface area contributed by atoms with Gasteiger partial charge in [-0.2, -0.15) is 0 Å². The number of urea groups is 1. The lowest BCUT2D eigenvalue weighted by molar-refractivity contribution is 0.167. The van der Waals surface area contributed by atoms with E-state index in [0.717, 1.165) is 37.7 Å². The van der Waals surface area contributed by atoms with E-state index in [9.17, 15) is 4.79 Å². The van der Waals surface area contributed by atoms with Gasteiger partial charge in [0.25, 0.3) is 0 Å². The zero-order valence-electron chi connectivity index (χ0n) is 15.3. The van der Waals surface area contributed by atoms with Crippen molar-refractivity contribution in [1.29, 1.82) is 0 Å². The molecule has 4 rings (SSSR count). The number of hydrogen-bond acceptors (Lipinski definition) is 5. The van der Waals surface area contributed by atoms with E-state index in [-0.39, 0.29) is 6.03 Å². The third-order valence-corrected chi connectivity index (χ3v) is 5.41. The summed E-state index contributed by atoms with van der Waals surface area (Å²) in [5.41, 5.74) is 0.635. The van der Waals surface area contributed by atoms with E-state index in [4.69, 9.17) is 16.6 Å². The Hall–Kier alpha value is -2.54. The van der Waals surface area contributed by atoms with Crippen LogP contribution < -0.4 is 5.32 Å². The normalized spacial score (nSPS) is 21.7. The van der Waals surface area contributed by atoms with Crippen LogP contribution in [0.2, 0.25) is 5.02 Å². The van der Waals surface area contributed by atoms with E-state index in [2.05, 4.69) is 33.1 Å². The Morgan fingerprint density at radius 1 is 1.26 bits per heavy atom. The van der Waals surface area contributed by atoms with Crippen molar-refractivity contribution in [2.24, 2.45) is 9.98 Å². The van der Waals surface area contributed by atoms with Gasteiger partial charge >= 0.3 is 6.03 Å². The van der Waals surface area contributed by atoms with Gasteiger partial charge in [0.2, 0.25) is 0 Å². The number of para-hydroxylation sites is 1. The molecule has 1 aromatic rings. The number of amides is 2. The summed E-state index contributed by atoms with van der Waals surface area (Å²) in [6, 6.07) is 7.49. The molecule has 1 atom stereocenters. The van der Waals surface area contributed by atoms with Gasteiger partial charge in [-0.15, -0.1) is 0 Å². The molecule has 3 aliphatic heterocycles. The summed E-state index contributed by atoms with van der Waals surface area (Å²) in [6.45, 7) is 5.82. The van der Waals surface area contributed by atoms with Gasteiger partial charge in [-0.3, -0.25) is 4.99 Å². The second-order valence-electron chi connectivity index (χ2n) is 6.83. The summed E-state index contributed by atoms with van der Waals surface area (Å²) < 4.78 is 0. The fourth-order valence-corrected chi connectivity index (χ4v) is 3.60. The number of halogens is 1. The van der Waals surface area contributed by atoms with Crippen LogP contribution in [-0.4, -0.2) is 71.7 Å². The maximum Gasteiger partial charge on any atom is 0.322 e. The van der Waals surface area contributed by atoms with Gasteiger partial charge < -0.3 is 20.0 Å². The predicted molar refractivity (Wildman–Crippen MR) is 108 cm³/mol. The van der Waals surface area contributed by atoms with Crippen molar-refractivity contribution in [3.63, 3.8) is 0 Å². The monoisotopic (exact) mass is 386 g/mol. The smallest absolute Gasteiger partial charge is 0.322 e. The Balaban J connectivity index is 1.35. The molecule has 0 radical (unpaired) electrons. The Morgan fingerprint density at radius 3 is 2.78 bits per heavy atom. The summed E-state index contributed by atoms with van der Waals surface area (Å²) in [6.07, 6.45) is 4.96. The topological polar surface area (TPSA) is 63.5 Å². The number of benzene rings is 1. The highest BCUT2D eigenvalue weighted by molar-refractivity contribution is 6.33. The van der Waals surface area contributed by atoms with Crippen LogP contribution in [0.1, 0.15) is 13.3 Å². The average molecular weight is 387 g/mol. The maximum absolute atomic E-state index is 12.5. The number of amidine groups is 1. The Labute approximate surface area is 164 Å². The Kier molecular flexibility index (Phi) is 5.03. The van der Waals surface area contributed by atoms with Crippen LogP contribution in [0.5, 0.6) is 0 Å². The number of piperazine rings is 1. The third kappa shape index (κ3) is 3.78. The third-order valence-electron chi connectivity index (χ3n) is 5.08. The van der Waals surface area contributed by atoms with Gasteiger partial charge in [0.15, 0.2) is 0 Å². The second-order valence-corrected chi connectivity index (χ2v) is 7.24. The van der Waals surface area contributed by atoms with Crippen LogP contribution in [0.15, 0.2) is 46.1 Å². The molecule has 0 saturated carbocycles. The molecule has 27 heavy (non-hydrogen) atoms. The molecule has 8 heteroatoms. The zero-order valence-corrected chi connectivity index (χ0v) is 16.1. The number of carbonyl (C=O) groups excluding carboxylic acids is 1. The molecule has 1 fully saturated rings. The van der Waals surface area contributed by atoms with Crippen LogP contribution in [0.25, 0.3) is 0 Å². The number of anilines is 1. The second kappa shape index (κ2) is 7.60. The Morgan fingerprint density at radius 2 is 2.04 bits per heavy atom. The lowest BCUT2D eigenvalue weighted by atomic mass is 10.2. The SMILES string of the molecule is CCC1CN2C=NC(N3CCN(C(=O)Nc4ccccc4Cl)CC3)=CC2=N1. The average Bonchev–Trinajstić information content (AvgIpc) is 3.12. The molecule has 2 amide bonds. The molecule has 0 spiro atoms. The van der Waals surface area contributed by atoms with Gasteiger partial charge in [-0.1, -0.05) is 30.7 Å². The molecule has 1 N–H and O–H groups in total. The summed E-state index contributed by atoms with van der Waals surface area (Å²) in [5, 5.41) is 3.42. The van der Waals surface area contributed by atoms with E-state index < -0.39 is 0 Å². The summed E-state index contributed by atoms with van der Waals surface area (Å²) in [4.78, 5) is 27.9. The Bertz CT molecular complexity index is 812. The molecule has 3 aliphatic rings. The minimum atomic E-state index is -0.124. The number of carbonyl (C=O) groups is 1. The van der Waals surface area contributed by atoms with Crippen molar-refractivity contribution >= 4 is 35.5 Å². The van der Waals surface area contributed by atoms with Gasteiger partial charge in [-0.05, 0) is 18.6 Å².